The van der Waals surface area contributed by atoms with Crippen molar-refractivity contribution < 1.29 is 22.7 Å². The molecule has 1 saturated heterocycles. The molecule has 3 nitrogen and oxygen atoms in total. The Bertz CT molecular complexity index is 746. The third-order valence-electron chi connectivity index (χ3n) is 5.05. The molecule has 0 amide bonds. The molecule has 0 radical (unpaired) electrons. The summed E-state index contributed by atoms with van der Waals surface area (Å²) < 4.78 is 51.0. The summed E-state index contributed by atoms with van der Waals surface area (Å²) in [6, 6.07) is 11.2. The number of β-amino-alcohol motifs (C(OH)–C–C–N with tert-alkyl or cyclic N) is 1. The van der Waals surface area contributed by atoms with Gasteiger partial charge >= 0.3 is 6.18 Å². The summed E-state index contributed by atoms with van der Waals surface area (Å²) in [5, 5.41) is 10.4. The number of aliphatic hydroxyl groups excluding tert-OH is 1. The van der Waals surface area contributed by atoms with Crippen molar-refractivity contribution in [1.82, 2.24) is 9.80 Å². The Hall–Kier alpha value is -1.96. The van der Waals surface area contributed by atoms with E-state index in [1.165, 1.54) is 24.3 Å². The fourth-order valence-electron chi connectivity index (χ4n) is 3.46. The fraction of sp³-hybridized carbons (Fsp3) is 0.429. The predicted molar refractivity (Wildman–Crippen MR) is 99.1 cm³/mol. The van der Waals surface area contributed by atoms with Gasteiger partial charge in [-0.2, -0.15) is 13.2 Å². The fourth-order valence-corrected chi connectivity index (χ4v) is 3.46. The maximum atomic E-state index is 13.0. The average Bonchev–Trinajstić information content (AvgIpc) is 2.87. The third-order valence-corrected chi connectivity index (χ3v) is 5.05. The highest BCUT2D eigenvalue weighted by Gasteiger charge is 2.30. The van der Waals surface area contributed by atoms with Gasteiger partial charge < -0.3 is 5.11 Å². The Morgan fingerprint density at radius 3 is 2.11 bits per heavy atom. The Morgan fingerprint density at radius 2 is 1.46 bits per heavy atom. The van der Waals surface area contributed by atoms with E-state index < -0.39 is 17.8 Å². The van der Waals surface area contributed by atoms with E-state index in [-0.39, 0.29) is 5.82 Å². The van der Waals surface area contributed by atoms with Gasteiger partial charge in [-0.1, -0.05) is 24.3 Å². The van der Waals surface area contributed by atoms with Crippen molar-refractivity contribution in [2.45, 2.75) is 25.2 Å². The number of halogens is 4. The number of rotatable bonds is 5. The molecule has 1 fully saturated rings. The van der Waals surface area contributed by atoms with E-state index in [4.69, 9.17) is 0 Å². The lowest BCUT2D eigenvalue weighted by molar-refractivity contribution is -0.137. The van der Waals surface area contributed by atoms with Gasteiger partial charge in [0.1, 0.15) is 5.82 Å². The Balaban J connectivity index is 1.51. The number of hydrogen-bond acceptors (Lipinski definition) is 3. The largest absolute Gasteiger partial charge is 0.416 e. The topological polar surface area (TPSA) is 26.7 Å². The van der Waals surface area contributed by atoms with Crippen LogP contribution in [0.15, 0.2) is 48.5 Å². The van der Waals surface area contributed by atoms with Crippen molar-refractivity contribution in [3.63, 3.8) is 0 Å². The van der Waals surface area contributed by atoms with Gasteiger partial charge in [0.25, 0.3) is 0 Å². The standard InChI is InChI=1S/C21H24F4N2O/c22-19-8-4-17(5-9-19)20(28)15-27-11-1-10-26(12-13-27)14-16-2-6-18(7-3-16)21(23,24)25/h2-9,20,28H,1,10-15H2/t20-/m1/s1. The highest BCUT2D eigenvalue weighted by Crippen LogP contribution is 2.29. The van der Waals surface area contributed by atoms with E-state index in [9.17, 15) is 22.7 Å². The van der Waals surface area contributed by atoms with E-state index >= 15 is 0 Å². The van der Waals surface area contributed by atoms with Gasteiger partial charge in [-0.15, -0.1) is 0 Å². The lowest BCUT2D eigenvalue weighted by Gasteiger charge is -2.24. The minimum atomic E-state index is -4.31. The molecule has 0 saturated carbocycles. The van der Waals surface area contributed by atoms with E-state index in [0.717, 1.165) is 50.3 Å². The number of alkyl halides is 3. The van der Waals surface area contributed by atoms with Crippen molar-refractivity contribution in [1.29, 1.82) is 0 Å². The molecule has 0 unspecified atom stereocenters. The first-order chi connectivity index (χ1) is 13.3. The number of aliphatic hydroxyl groups is 1. The van der Waals surface area contributed by atoms with Crippen LogP contribution in [-0.4, -0.2) is 47.6 Å². The quantitative estimate of drug-likeness (QED) is 0.772. The normalized spacial score (nSPS) is 18.0. The van der Waals surface area contributed by atoms with Crippen LogP contribution in [0.25, 0.3) is 0 Å². The Kier molecular flexibility index (Phi) is 6.69. The molecule has 1 N–H and O–H groups in total. The molecule has 2 aromatic carbocycles. The first-order valence-corrected chi connectivity index (χ1v) is 9.35. The van der Waals surface area contributed by atoms with Crippen LogP contribution in [0.1, 0.15) is 29.2 Å². The molecule has 1 aliphatic rings. The minimum absolute atomic E-state index is 0.329. The molecule has 0 bridgehead atoms. The third kappa shape index (κ3) is 5.77. The van der Waals surface area contributed by atoms with Gasteiger partial charge in [-0.25, -0.2) is 4.39 Å². The van der Waals surface area contributed by atoms with E-state index in [0.29, 0.717) is 18.7 Å². The van der Waals surface area contributed by atoms with Crippen molar-refractivity contribution >= 4 is 0 Å². The molecule has 28 heavy (non-hydrogen) atoms. The number of nitrogens with zero attached hydrogens (tertiary/aromatic N) is 2. The van der Waals surface area contributed by atoms with Crippen molar-refractivity contribution in [3.05, 3.63) is 71.0 Å². The Morgan fingerprint density at radius 1 is 0.857 bits per heavy atom. The maximum absolute atomic E-state index is 13.0. The highest BCUT2D eigenvalue weighted by atomic mass is 19.4. The number of benzene rings is 2. The van der Waals surface area contributed by atoms with Crippen LogP contribution in [0.3, 0.4) is 0 Å². The lowest BCUT2D eigenvalue weighted by Crippen LogP contribution is -2.33. The smallest absolute Gasteiger partial charge is 0.387 e. The van der Waals surface area contributed by atoms with Crippen LogP contribution in [0.5, 0.6) is 0 Å². The first kappa shape index (κ1) is 20.8. The molecule has 2 aromatic rings. The highest BCUT2D eigenvalue weighted by molar-refractivity contribution is 5.24. The zero-order valence-corrected chi connectivity index (χ0v) is 15.5. The summed E-state index contributed by atoms with van der Waals surface area (Å²) in [5.74, 6) is -0.329. The molecule has 152 valence electrons. The molecule has 1 atom stereocenters. The van der Waals surface area contributed by atoms with Crippen LogP contribution in [0.4, 0.5) is 17.6 Å². The van der Waals surface area contributed by atoms with Gasteiger partial charge in [0.15, 0.2) is 0 Å². The second-order valence-corrected chi connectivity index (χ2v) is 7.19. The molecule has 1 heterocycles. The summed E-state index contributed by atoms with van der Waals surface area (Å²) >= 11 is 0. The van der Waals surface area contributed by atoms with Gasteiger partial charge in [0.05, 0.1) is 11.7 Å². The van der Waals surface area contributed by atoms with Gasteiger partial charge in [0, 0.05) is 26.2 Å². The lowest BCUT2D eigenvalue weighted by atomic mass is 10.1. The molecular formula is C21H24F4N2O. The monoisotopic (exact) mass is 396 g/mol. The van der Waals surface area contributed by atoms with Crippen molar-refractivity contribution in [3.8, 4) is 0 Å². The summed E-state index contributed by atoms with van der Waals surface area (Å²) in [6.45, 7) is 4.30. The van der Waals surface area contributed by atoms with Crippen molar-refractivity contribution in [2.75, 3.05) is 32.7 Å². The van der Waals surface area contributed by atoms with E-state index in [1.54, 1.807) is 12.1 Å². The maximum Gasteiger partial charge on any atom is 0.416 e. The second kappa shape index (κ2) is 9.03. The van der Waals surface area contributed by atoms with Crippen molar-refractivity contribution in [2.24, 2.45) is 0 Å². The van der Waals surface area contributed by atoms with Gasteiger partial charge in [-0.3, -0.25) is 9.80 Å². The first-order valence-electron chi connectivity index (χ1n) is 9.35. The molecule has 0 aromatic heterocycles. The Labute approximate surface area is 162 Å². The molecular weight excluding hydrogens is 372 g/mol. The van der Waals surface area contributed by atoms with Crippen LogP contribution >= 0.6 is 0 Å². The average molecular weight is 396 g/mol. The van der Waals surface area contributed by atoms with Crippen LogP contribution in [0.2, 0.25) is 0 Å². The van der Waals surface area contributed by atoms with Gasteiger partial charge in [-0.05, 0) is 54.9 Å². The molecule has 0 spiro atoms. The molecule has 1 aliphatic heterocycles. The minimum Gasteiger partial charge on any atom is -0.387 e. The number of hydrogen-bond donors (Lipinski definition) is 1. The SMILES string of the molecule is O[C@H](CN1CCCN(Cc2ccc(C(F)(F)F)cc2)CC1)c1ccc(F)cc1. The molecule has 3 rings (SSSR count). The summed E-state index contributed by atoms with van der Waals surface area (Å²) in [4.78, 5) is 4.38. The van der Waals surface area contributed by atoms with Crippen LogP contribution < -0.4 is 0 Å². The van der Waals surface area contributed by atoms with E-state index in [2.05, 4.69) is 9.80 Å². The van der Waals surface area contributed by atoms with Gasteiger partial charge in [0.2, 0.25) is 0 Å². The zero-order chi connectivity index (χ0) is 20.1. The predicted octanol–water partition coefficient (Wildman–Crippen LogP) is 4.09. The zero-order valence-electron chi connectivity index (χ0n) is 15.5. The van der Waals surface area contributed by atoms with Crippen LogP contribution in [0, 0.1) is 5.82 Å². The molecule has 0 aliphatic carbocycles. The summed E-state index contributed by atoms with van der Waals surface area (Å²) in [5.41, 5.74) is 0.910. The van der Waals surface area contributed by atoms with Crippen LogP contribution in [-0.2, 0) is 12.7 Å². The van der Waals surface area contributed by atoms with E-state index in [1.807, 2.05) is 0 Å². The second-order valence-electron chi connectivity index (χ2n) is 7.19. The summed E-state index contributed by atoms with van der Waals surface area (Å²) in [6.07, 6.45) is -4.08. The summed E-state index contributed by atoms with van der Waals surface area (Å²) in [7, 11) is 0. The molecule has 7 heteroatoms.